The van der Waals surface area contributed by atoms with Crippen LogP contribution in [0.15, 0.2) is 51.1 Å². The summed E-state index contributed by atoms with van der Waals surface area (Å²) in [6.07, 6.45) is -4.86. The van der Waals surface area contributed by atoms with Crippen molar-refractivity contribution in [3.05, 3.63) is 70.8 Å². The molecule has 0 saturated carbocycles. The molecule has 8 nitrogen and oxygen atoms in total. The smallest absolute Gasteiger partial charge is 0.389 e. The third-order valence-corrected chi connectivity index (χ3v) is 9.17. The molecule has 2 atom stereocenters. The average molecular weight is 673 g/mol. The number of nitrogens with zero attached hydrogens (tertiary/aromatic N) is 3. The number of hydrogen-bond acceptors (Lipinski definition) is 7. The van der Waals surface area contributed by atoms with Gasteiger partial charge in [0.15, 0.2) is 5.04 Å². The highest BCUT2D eigenvalue weighted by Gasteiger charge is 2.40. The van der Waals surface area contributed by atoms with Crippen molar-refractivity contribution in [2.45, 2.75) is 76.8 Å². The van der Waals surface area contributed by atoms with E-state index in [-0.39, 0.29) is 35.9 Å². The van der Waals surface area contributed by atoms with Crippen LogP contribution >= 0.6 is 0 Å². The average Bonchev–Trinajstić information content (AvgIpc) is 3.44. The van der Waals surface area contributed by atoms with E-state index < -0.39 is 84.0 Å². The second-order valence-electron chi connectivity index (χ2n) is 10.6. The van der Waals surface area contributed by atoms with Crippen LogP contribution in [0.25, 0.3) is 0 Å². The van der Waals surface area contributed by atoms with Gasteiger partial charge in [0.2, 0.25) is 0 Å². The summed E-state index contributed by atoms with van der Waals surface area (Å²) in [4.78, 5) is 21.3. The summed E-state index contributed by atoms with van der Waals surface area (Å²) in [7, 11) is -5.18. The molecule has 0 aliphatic carbocycles. The minimum atomic E-state index is -5.17. The molecular weight excluding hydrogens is 641 g/mol. The van der Waals surface area contributed by atoms with Gasteiger partial charge in [0, 0.05) is 29.7 Å². The van der Waals surface area contributed by atoms with Crippen LogP contribution < -0.4 is 0 Å². The van der Waals surface area contributed by atoms with Gasteiger partial charge in [-0.3, -0.25) is 4.79 Å². The molecule has 2 aliphatic rings. The number of nitrogens with one attached hydrogen (secondary N) is 1. The summed E-state index contributed by atoms with van der Waals surface area (Å²) in [5, 5.41) is 7.37. The summed E-state index contributed by atoms with van der Waals surface area (Å²) in [6.45, 7) is 6.76. The minimum absolute atomic E-state index is 0. The van der Waals surface area contributed by atoms with Crippen molar-refractivity contribution >= 4 is 36.4 Å². The third-order valence-electron chi connectivity index (χ3n) is 5.78. The Morgan fingerprint density at radius 3 is 1.77 bits per heavy atom. The molecule has 244 valence electrons. The van der Waals surface area contributed by atoms with Crippen molar-refractivity contribution < 1.29 is 49.4 Å². The number of carbonyl (C=O) groups is 1. The Hall–Kier alpha value is -3.34. The van der Waals surface area contributed by atoms with Crippen LogP contribution in [0.3, 0.4) is 0 Å². The van der Waals surface area contributed by atoms with E-state index in [1.165, 1.54) is 6.07 Å². The molecule has 4 rings (SSSR count). The molecule has 1 N–H and O–H groups in total. The van der Waals surface area contributed by atoms with Crippen molar-refractivity contribution in [1.29, 1.82) is 4.78 Å². The summed E-state index contributed by atoms with van der Waals surface area (Å²) in [6, 6.07) is 6.45. The molecule has 0 radical (unpaired) electrons. The number of halogens is 7. The number of oxime groups is 2. The largest absolute Gasteiger partial charge is 0.474 e. The molecule has 1 amide bonds. The van der Waals surface area contributed by atoms with Gasteiger partial charge in [-0.15, -0.1) is 0 Å². The number of alkyl halides is 3. The summed E-state index contributed by atoms with van der Waals surface area (Å²) < 4.78 is 115. The first-order valence-electron chi connectivity index (χ1n) is 12.4. The molecule has 2 aromatic carbocycles. The Morgan fingerprint density at radius 2 is 1.36 bits per heavy atom. The van der Waals surface area contributed by atoms with Crippen LogP contribution in [-0.4, -0.2) is 37.6 Å². The maximum absolute atomic E-state index is 13.8. The molecule has 0 spiro atoms. The zero-order chi connectivity index (χ0) is 32.4. The van der Waals surface area contributed by atoms with Crippen LogP contribution in [0.1, 0.15) is 59.1 Å². The first kappa shape index (κ1) is 36.8. The van der Waals surface area contributed by atoms with Gasteiger partial charge in [-0.2, -0.15) is 17.5 Å². The normalized spacial score (nSPS) is 18.8. The second-order valence-corrected chi connectivity index (χ2v) is 14.4. The molecule has 2 aromatic rings. The van der Waals surface area contributed by atoms with E-state index in [0.29, 0.717) is 0 Å². The van der Waals surface area contributed by atoms with Gasteiger partial charge in [0.05, 0.1) is 15.5 Å². The van der Waals surface area contributed by atoms with Crippen LogP contribution in [0.4, 0.5) is 30.7 Å². The molecule has 2 aliphatic heterocycles. The second kappa shape index (κ2) is 13.7. The molecule has 44 heavy (non-hydrogen) atoms. The number of benzene rings is 2. The lowest BCUT2D eigenvalue weighted by Crippen LogP contribution is -2.24. The molecule has 0 aromatic heterocycles. The lowest BCUT2D eigenvalue weighted by molar-refractivity contribution is -0.169. The number of amides is 1. The zero-order valence-corrected chi connectivity index (χ0v) is 24.9. The van der Waals surface area contributed by atoms with Crippen molar-refractivity contribution in [3.8, 4) is 0 Å². The highest BCUT2D eigenvalue weighted by Crippen LogP contribution is 2.29. The standard InChI is InChI=1S/C14H13F5N2O2S.C12H14F2N2O2S.CH4/c1-13(2)6-11(20-23-13)24(21-12(22)14(17,18)19)7-8-9(15)4-3-5-10(8)16;1-12(2)6-11(16-18-12)19(15,17)7-8-9(13)4-3-5-10(8)14;/h3-5H,6-7H2,1-2H3;3-5,15H,6-7H2,1-2H3;1H4. The maximum Gasteiger partial charge on any atom is 0.474 e. The fourth-order valence-corrected chi connectivity index (χ4v) is 7.01. The lowest BCUT2D eigenvalue weighted by atomic mass is 10.1. The van der Waals surface area contributed by atoms with Gasteiger partial charge in [-0.05, 0) is 62.7 Å². The fraction of sp³-hybridized carbons (Fsp3) is 0.444. The van der Waals surface area contributed by atoms with Gasteiger partial charge < -0.3 is 9.68 Å². The quantitative estimate of drug-likeness (QED) is 0.339. The molecule has 17 heteroatoms. The first-order chi connectivity index (χ1) is 19.7. The monoisotopic (exact) mass is 672 g/mol. The summed E-state index contributed by atoms with van der Waals surface area (Å²) in [5.41, 5.74) is -2.22. The Labute approximate surface area is 252 Å². The van der Waals surface area contributed by atoms with Gasteiger partial charge in [-0.25, -0.2) is 26.6 Å². The molecule has 2 unspecified atom stereocenters. The van der Waals surface area contributed by atoms with E-state index in [2.05, 4.69) is 14.7 Å². The van der Waals surface area contributed by atoms with Crippen molar-refractivity contribution in [2.24, 2.45) is 14.7 Å². The Bertz CT molecular complexity index is 1570. The summed E-state index contributed by atoms with van der Waals surface area (Å²) in [5.74, 6) is -6.88. The maximum atomic E-state index is 13.8. The summed E-state index contributed by atoms with van der Waals surface area (Å²) >= 11 is 0. The van der Waals surface area contributed by atoms with E-state index in [0.717, 1.165) is 30.3 Å². The third kappa shape index (κ3) is 9.58. The van der Waals surface area contributed by atoms with Crippen LogP contribution in [-0.2, 0) is 46.4 Å². The van der Waals surface area contributed by atoms with Crippen LogP contribution in [0, 0.1) is 28.0 Å². The van der Waals surface area contributed by atoms with Gasteiger partial charge >= 0.3 is 12.1 Å². The number of carbonyl (C=O) groups excluding carboxylic acids is 1. The van der Waals surface area contributed by atoms with E-state index in [9.17, 15) is 39.7 Å². The highest BCUT2D eigenvalue weighted by atomic mass is 32.2. The Kier molecular flexibility index (Phi) is 11.5. The minimum Gasteiger partial charge on any atom is -0.389 e. The van der Waals surface area contributed by atoms with E-state index in [1.54, 1.807) is 27.7 Å². The predicted molar refractivity (Wildman–Crippen MR) is 153 cm³/mol. The highest BCUT2D eigenvalue weighted by molar-refractivity contribution is 8.06. The van der Waals surface area contributed by atoms with Crippen molar-refractivity contribution in [1.82, 2.24) is 0 Å². The number of hydrogen-bond donors (Lipinski definition) is 1. The lowest BCUT2D eigenvalue weighted by Gasteiger charge is -2.14. The number of rotatable bonds is 4. The van der Waals surface area contributed by atoms with E-state index in [4.69, 9.17) is 14.5 Å². The zero-order valence-electron chi connectivity index (χ0n) is 23.2. The van der Waals surface area contributed by atoms with Crippen molar-refractivity contribution in [3.63, 3.8) is 0 Å². The molecular formula is C27H31F7N4O4S2. The molecule has 0 bridgehead atoms. The molecule has 0 saturated heterocycles. The van der Waals surface area contributed by atoms with Crippen molar-refractivity contribution in [2.75, 3.05) is 0 Å². The SMILES string of the molecule is C.CC1(C)CC(S(=N)(=O)Cc2c(F)cccc2F)=NO1.CC1(C)CC(S(Cc2c(F)cccc2F)=NC(=O)C(F)(F)F)=NO1. The van der Waals surface area contributed by atoms with E-state index >= 15 is 0 Å². The Balaban J connectivity index is 0.000000307. The first-order valence-corrected chi connectivity index (χ1v) is 15.4. The molecule has 0 fully saturated rings. The van der Waals surface area contributed by atoms with Gasteiger partial charge in [-0.1, -0.05) is 29.9 Å². The van der Waals surface area contributed by atoms with E-state index in [1.807, 2.05) is 0 Å². The van der Waals surface area contributed by atoms with Crippen LogP contribution in [0.5, 0.6) is 0 Å². The topological polar surface area (TPSA) is 114 Å². The Morgan fingerprint density at radius 1 is 0.909 bits per heavy atom. The fourth-order valence-electron chi connectivity index (χ4n) is 3.59. The van der Waals surface area contributed by atoms with Gasteiger partial charge in [0.1, 0.15) is 39.5 Å². The molecule has 2 heterocycles. The van der Waals surface area contributed by atoms with Gasteiger partial charge in [0.25, 0.3) is 0 Å². The predicted octanol–water partition coefficient (Wildman–Crippen LogP) is 7.53. The van der Waals surface area contributed by atoms with Crippen LogP contribution in [0.2, 0.25) is 0 Å².